The SMILES string of the molecule is Cc1n[nH]c(C)c1CNc1nccc(-c2cc(C(=O)O)ccn2)n1. The number of rotatable bonds is 5. The lowest BCUT2D eigenvalue weighted by atomic mass is 10.2. The fourth-order valence-electron chi connectivity index (χ4n) is 2.29. The van der Waals surface area contributed by atoms with Gasteiger partial charge in [-0.05, 0) is 32.0 Å². The summed E-state index contributed by atoms with van der Waals surface area (Å²) in [5.41, 5.74) is 4.18. The number of aromatic amines is 1. The van der Waals surface area contributed by atoms with E-state index in [-0.39, 0.29) is 5.56 Å². The fourth-order valence-corrected chi connectivity index (χ4v) is 2.29. The largest absolute Gasteiger partial charge is 0.478 e. The second kappa shape index (κ2) is 6.45. The monoisotopic (exact) mass is 324 g/mol. The van der Waals surface area contributed by atoms with Crippen molar-refractivity contribution < 1.29 is 9.90 Å². The van der Waals surface area contributed by atoms with Crippen LogP contribution in [0.1, 0.15) is 27.3 Å². The summed E-state index contributed by atoms with van der Waals surface area (Å²) in [6.45, 7) is 4.43. The van der Waals surface area contributed by atoms with Gasteiger partial charge in [-0.15, -0.1) is 0 Å². The zero-order valence-electron chi connectivity index (χ0n) is 13.2. The molecule has 0 spiro atoms. The van der Waals surface area contributed by atoms with Crippen molar-refractivity contribution >= 4 is 11.9 Å². The number of H-pyrrole nitrogens is 1. The normalized spacial score (nSPS) is 10.6. The van der Waals surface area contributed by atoms with Crippen molar-refractivity contribution in [1.29, 1.82) is 0 Å². The fraction of sp³-hybridized carbons (Fsp3) is 0.188. The van der Waals surface area contributed by atoms with Crippen LogP contribution in [0.25, 0.3) is 11.4 Å². The molecule has 0 atom stereocenters. The van der Waals surface area contributed by atoms with E-state index in [4.69, 9.17) is 5.11 Å². The minimum atomic E-state index is -1.00. The number of aryl methyl sites for hydroxylation is 2. The van der Waals surface area contributed by atoms with Crippen LogP contribution in [0.5, 0.6) is 0 Å². The maximum Gasteiger partial charge on any atom is 0.335 e. The molecule has 3 heterocycles. The molecule has 0 saturated carbocycles. The molecule has 24 heavy (non-hydrogen) atoms. The highest BCUT2D eigenvalue weighted by Gasteiger charge is 2.10. The van der Waals surface area contributed by atoms with Crippen LogP contribution in [-0.4, -0.2) is 36.2 Å². The van der Waals surface area contributed by atoms with Crippen molar-refractivity contribution in [3.05, 3.63) is 53.1 Å². The van der Waals surface area contributed by atoms with Crippen molar-refractivity contribution in [2.45, 2.75) is 20.4 Å². The minimum absolute atomic E-state index is 0.165. The van der Waals surface area contributed by atoms with E-state index in [0.29, 0.717) is 23.9 Å². The molecule has 0 aliphatic carbocycles. The van der Waals surface area contributed by atoms with E-state index < -0.39 is 5.97 Å². The van der Waals surface area contributed by atoms with Gasteiger partial charge < -0.3 is 10.4 Å². The molecule has 122 valence electrons. The quantitative estimate of drug-likeness (QED) is 0.658. The van der Waals surface area contributed by atoms with Gasteiger partial charge in [0.2, 0.25) is 5.95 Å². The molecule has 3 rings (SSSR count). The second-order valence-corrected chi connectivity index (χ2v) is 5.27. The number of anilines is 1. The number of carbonyl (C=O) groups is 1. The minimum Gasteiger partial charge on any atom is -0.478 e. The zero-order valence-corrected chi connectivity index (χ0v) is 13.2. The molecule has 0 aliphatic heterocycles. The Bertz CT molecular complexity index is 870. The van der Waals surface area contributed by atoms with E-state index in [0.717, 1.165) is 17.0 Å². The lowest BCUT2D eigenvalue weighted by Gasteiger charge is -2.07. The first-order valence-corrected chi connectivity index (χ1v) is 7.31. The summed E-state index contributed by atoms with van der Waals surface area (Å²) >= 11 is 0. The molecule has 0 aliphatic rings. The van der Waals surface area contributed by atoms with Crippen molar-refractivity contribution in [2.24, 2.45) is 0 Å². The molecule has 3 aromatic heterocycles. The summed E-state index contributed by atoms with van der Waals surface area (Å²) < 4.78 is 0. The summed E-state index contributed by atoms with van der Waals surface area (Å²) in [5.74, 6) is -0.563. The third kappa shape index (κ3) is 3.22. The molecule has 8 nitrogen and oxygen atoms in total. The summed E-state index contributed by atoms with van der Waals surface area (Å²) in [5, 5.41) is 19.3. The van der Waals surface area contributed by atoms with E-state index in [1.165, 1.54) is 18.3 Å². The van der Waals surface area contributed by atoms with E-state index in [1.54, 1.807) is 12.3 Å². The van der Waals surface area contributed by atoms with Crippen LogP contribution in [0.4, 0.5) is 5.95 Å². The third-order valence-corrected chi connectivity index (χ3v) is 3.63. The molecule has 0 amide bonds. The first-order valence-electron chi connectivity index (χ1n) is 7.31. The van der Waals surface area contributed by atoms with E-state index >= 15 is 0 Å². The number of carboxylic acid groups (broad SMARTS) is 1. The average molecular weight is 324 g/mol. The lowest BCUT2D eigenvalue weighted by molar-refractivity contribution is 0.0697. The highest BCUT2D eigenvalue weighted by Crippen LogP contribution is 2.17. The van der Waals surface area contributed by atoms with Gasteiger partial charge in [0.05, 0.1) is 22.6 Å². The van der Waals surface area contributed by atoms with Crippen LogP contribution in [0.3, 0.4) is 0 Å². The molecule has 0 bridgehead atoms. The smallest absolute Gasteiger partial charge is 0.335 e. The summed E-state index contributed by atoms with van der Waals surface area (Å²) in [6.07, 6.45) is 3.06. The van der Waals surface area contributed by atoms with Crippen molar-refractivity contribution in [3.8, 4) is 11.4 Å². The maximum absolute atomic E-state index is 11.1. The Balaban J connectivity index is 1.82. The molecule has 0 unspecified atom stereocenters. The Hall–Kier alpha value is -3.29. The predicted octanol–water partition coefficient (Wildman–Crippen LogP) is 2.19. The van der Waals surface area contributed by atoms with Crippen LogP contribution in [0.2, 0.25) is 0 Å². The van der Waals surface area contributed by atoms with Crippen LogP contribution in [0.15, 0.2) is 30.6 Å². The predicted molar refractivity (Wildman–Crippen MR) is 87.6 cm³/mol. The number of pyridine rings is 1. The Morgan fingerprint density at radius 2 is 2.00 bits per heavy atom. The standard InChI is InChI=1S/C16H16N6O2/c1-9-12(10(2)22-21-9)8-19-16-18-6-4-13(20-16)14-7-11(15(23)24)3-5-17-14/h3-7H,8H2,1-2H3,(H,21,22)(H,23,24)(H,18,19,20). The molecule has 0 radical (unpaired) electrons. The molecule has 0 fully saturated rings. The number of nitrogens with zero attached hydrogens (tertiary/aromatic N) is 4. The van der Waals surface area contributed by atoms with Crippen molar-refractivity contribution in [2.75, 3.05) is 5.32 Å². The van der Waals surface area contributed by atoms with Gasteiger partial charge in [0.1, 0.15) is 0 Å². The summed E-state index contributed by atoms with van der Waals surface area (Å²) in [7, 11) is 0. The number of aromatic nitrogens is 5. The van der Waals surface area contributed by atoms with Crippen LogP contribution < -0.4 is 5.32 Å². The first-order chi connectivity index (χ1) is 11.5. The van der Waals surface area contributed by atoms with Gasteiger partial charge in [0, 0.05) is 30.2 Å². The summed E-state index contributed by atoms with van der Waals surface area (Å²) in [6, 6.07) is 4.61. The average Bonchev–Trinajstić information content (AvgIpc) is 2.91. The maximum atomic E-state index is 11.1. The Morgan fingerprint density at radius 1 is 1.21 bits per heavy atom. The number of aromatic carboxylic acids is 1. The van der Waals surface area contributed by atoms with E-state index in [1.807, 2.05) is 13.8 Å². The van der Waals surface area contributed by atoms with Gasteiger partial charge in [-0.1, -0.05) is 0 Å². The molecule has 0 aromatic carbocycles. The summed E-state index contributed by atoms with van der Waals surface area (Å²) in [4.78, 5) is 23.8. The van der Waals surface area contributed by atoms with Crippen LogP contribution in [-0.2, 0) is 6.54 Å². The van der Waals surface area contributed by atoms with Crippen LogP contribution in [0, 0.1) is 13.8 Å². The molecule has 8 heteroatoms. The molecule has 3 N–H and O–H groups in total. The molecular formula is C16H16N6O2. The van der Waals surface area contributed by atoms with Gasteiger partial charge in [0.15, 0.2) is 0 Å². The number of nitrogens with one attached hydrogen (secondary N) is 2. The van der Waals surface area contributed by atoms with Crippen molar-refractivity contribution in [1.82, 2.24) is 25.1 Å². The van der Waals surface area contributed by atoms with Gasteiger partial charge in [0.25, 0.3) is 0 Å². The van der Waals surface area contributed by atoms with Gasteiger partial charge in [-0.3, -0.25) is 10.1 Å². The van der Waals surface area contributed by atoms with Gasteiger partial charge in [-0.2, -0.15) is 5.10 Å². The van der Waals surface area contributed by atoms with Gasteiger partial charge in [-0.25, -0.2) is 14.8 Å². The number of hydrogen-bond acceptors (Lipinski definition) is 6. The zero-order chi connectivity index (χ0) is 17.1. The topological polar surface area (TPSA) is 117 Å². The van der Waals surface area contributed by atoms with E-state index in [2.05, 4.69) is 30.5 Å². The Labute approximate surface area is 138 Å². The molecule has 3 aromatic rings. The Morgan fingerprint density at radius 3 is 2.71 bits per heavy atom. The van der Waals surface area contributed by atoms with Crippen molar-refractivity contribution in [3.63, 3.8) is 0 Å². The highest BCUT2D eigenvalue weighted by molar-refractivity contribution is 5.88. The highest BCUT2D eigenvalue weighted by atomic mass is 16.4. The van der Waals surface area contributed by atoms with Crippen LogP contribution >= 0.6 is 0 Å². The second-order valence-electron chi connectivity index (χ2n) is 5.27. The molecular weight excluding hydrogens is 308 g/mol. The number of carboxylic acids is 1. The number of hydrogen-bond donors (Lipinski definition) is 3. The Kier molecular flexibility index (Phi) is 4.19. The third-order valence-electron chi connectivity index (χ3n) is 3.63. The van der Waals surface area contributed by atoms with Gasteiger partial charge >= 0.3 is 5.97 Å². The lowest BCUT2D eigenvalue weighted by Crippen LogP contribution is -2.06. The van der Waals surface area contributed by atoms with E-state index in [9.17, 15) is 4.79 Å². The first kappa shape index (κ1) is 15.6. The molecule has 0 saturated heterocycles.